The summed E-state index contributed by atoms with van der Waals surface area (Å²) in [4.78, 5) is 45.7. The number of hydrogen-bond acceptors (Lipinski definition) is 9. The van der Waals surface area contributed by atoms with E-state index in [4.69, 9.17) is 19.2 Å². The summed E-state index contributed by atoms with van der Waals surface area (Å²) in [5.41, 5.74) is 3.52. The largest absolute Gasteiger partial charge is 0.488 e. The van der Waals surface area contributed by atoms with E-state index < -0.39 is 12.0 Å². The van der Waals surface area contributed by atoms with Crippen LogP contribution in [0, 0.1) is 0 Å². The lowest BCUT2D eigenvalue weighted by atomic mass is 9.97. The molecule has 0 aliphatic carbocycles. The number of halogens is 1. The molecule has 11 heteroatoms. The second-order valence-corrected chi connectivity index (χ2v) is 13.2. The van der Waals surface area contributed by atoms with Crippen LogP contribution >= 0.6 is 38.6 Å². The van der Waals surface area contributed by atoms with E-state index in [9.17, 15) is 14.4 Å². The van der Waals surface area contributed by atoms with Crippen molar-refractivity contribution in [2.24, 2.45) is 4.99 Å². The molecule has 0 bridgehead atoms. The van der Waals surface area contributed by atoms with Crippen LogP contribution in [0.4, 0.5) is 0 Å². The second-order valence-electron chi connectivity index (χ2n) is 10.3. The van der Waals surface area contributed by atoms with Gasteiger partial charge in [0, 0.05) is 10.4 Å². The fraction of sp³-hybridized carbons (Fsp3) is 0.167. The van der Waals surface area contributed by atoms with E-state index in [1.54, 1.807) is 30.5 Å². The van der Waals surface area contributed by atoms with Crippen molar-refractivity contribution < 1.29 is 23.8 Å². The van der Waals surface area contributed by atoms with Gasteiger partial charge >= 0.3 is 11.9 Å². The molecule has 2 aromatic heterocycles. The van der Waals surface area contributed by atoms with Crippen LogP contribution in [0.25, 0.3) is 11.8 Å². The molecule has 0 saturated heterocycles. The molecular weight excluding hydrogens is 700 g/mol. The first-order valence-corrected chi connectivity index (χ1v) is 17.4. The minimum Gasteiger partial charge on any atom is -0.488 e. The Labute approximate surface area is 287 Å². The molecule has 1 atom stereocenters. The van der Waals surface area contributed by atoms with Crippen LogP contribution in [-0.2, 0) is 20.9 Å². The highest BCUT2D eigenvalue weighted by Crippen LogP contribution is 2.37. The maximum atomic E-state index is 14.1. The Hall–Kier alpha value is -4.58. The van der Waals surface area contributed by atoms with E-state index in [0.717, 1.165) is 26.0 Å². The number of ether oxygens (including phenoxy) is 3. The monoisotopic (exact) mass is 728 g/mol. The molecular formula is C36H29BrN2O6S2. The van der Waals surface area contributed by atoms with Crippen molar-refractivity contribution in [3.63, 3.8) is 0 Å². The van der Waals surface area contributed by atoms with E-state index >= 15 is 0 Å². The van der Waals surface area contributed by atoms with Gasteiger partial charge in [0.05, 0.1) is 39.1 Å². The lowest BCUT2D eigenvalue weighted by Gasteiger charge is -2.24. The third kappa shape index (κ3) is 6.92. The van der Waals surface area contributed by atoms with Gasteiger partial charge in [-0.2, -0.15) is 0 Å². The average Bonchev–Trinajstić information content (AvgIpc) is 3.73. The molecule has 0 N–H and O–H groups in total. The molecule has 1 aliphatic heterocycles. The summed E-state index contributed by atoms with van der Waals surface area (Å²) in [6.07, 6.45) is 1.81. The van der Waals surface area contributed by atoms with Crippen molar-refractivity contribution in [2.75, 3.05) is 13.2 Å². The number of thiophene rings is 1. The highest BCUT2D eigenvalue weighted by Gasteiger charge is 2.35. The van der Waals surface area contributed by atoms with Crippen LogP contribution in [0.1, 0.15) is 51.8 Å². The van der Waals surface area contributed by atoms with Gasteiger partial charge in [-0.1, -0.05) is 65.9 Å². The Morgan fingerprint density at radius 3 is 2.36 bits per heavy atom. The van der Waals surface area contributed by atoms with Gasteiger partial charge in [-0.05, 0) is 82.7 Å². The van der Waals surface area contributed by atoms with Crippen molar-refractivity contribution in [3.05, 3.63) is 147 Å². The maximum Gasteiger partial charge on any atom is 0.338 e. The Morgan fingerprint density at radius 2 is 1.68 bits per heavy atom. The number of carbonyl (C=O) groups is 2. The number of hydrogen-bond donors (Lipinski definition) is 0. The molecule has 6 rings (SSSR count). The molecule has 3 aromatic carbocycles. The highest BCUT2D eigenvalue weighted by molar-refractivity contribution is 9.10. The molecule has 5 aromatic rings. The number of rotatable bonds is 10. The quantitative estimate of drug-likeness (QED) is 0.152. The van der Waals surface area contributed by atoms with Crippen LogP contribution < -0.4 is 19.6 Å². The average molecular weight is 730 g/mol. The molecule has 1 aliphatic rings. The lowest BCUT2D eigenvalue weighted by Crippen LogP contribution is -2.39. The molecule has 238 valence electrons. The summed E-state index contributed by atoms with van der Waals surface area (Å²) in [5.74, 6) is -0.233. The Bertz CT molecular complexity index is 2140. The van der Waals surface area contributed by atoms with Gasteiger partial charge in [-0.25, -0.2) is 14.6 Å². The number of esters is 2. The lowest BCUT2D eigenvalue weighted by molar-refractivity contribution is -0.138. The maximum absolute atomic E-state index is 14.1. The van der Waals surface area contributed by atoms with E-state index in [1.807, 2.05) is 84.3 Å². The van der Waals surface area contributed by atoms with Crippen LogP contribution in [0.5, 0.6) is 5.75 Å². The van der Waals surface area contributed by atoms with Crippen molar-refractivity contribution in [1.29, 1.82) is 0 Å². The molecule has 0 unspecified atom stereocenters. The van der Waals surface area contributed by atoms with Crippen LogP contribution in [-0.4, -0.2) is 29.7 Å². The van der Waals surface area contributed by atoms with E-state index in [2.05, 4.69) is 15.9 Å². The zero-order valence-corrected chi connectivity index (χ0v) is 28.7. The SMILES string of the molecule is CCOC(=O)C1=C(c2ccccc2)N=c2s/c(=C\c3ccc(OCc4ccc(C(=O)OCC)cc4)c(Br)c3)c(=O)n2[C@H]1c1cccs1. The van der Waals surface area contributed by atoms with E-state index in [-0.39, 0.29) is 18.1 Å². The van der Waals surface area contributed by atoms with Gasteiger partial charge in [-0.3, -0.25) is 9.36 Å². The molecule has 0 amide bonds. The van der Waals surface area contributed by atoms with Crippen molar-refractivity contribution >= 4 is 62.3 Å². The van der Waals surface area contributed by atoms with Gasteiger partial charge in [0.1, 0.15) is 18.4 Å². The summed E-state index contributed by atoms with van der Waals surface area (Å²) in [6.45, 7) is 4.35. The predicted molar refractivity (Wildman–Crippen MR) is 186 cm³/mol. The molecule has 0 fully saturated rings. The second kappa shape index (κ2) is 14.5. The van der Waals surface area contributed by atoms with Crippen LogP contribution in [0.3, 0.4) is 0 Å². The van der Waals surface area contributed by atoms with Crippen molar-refractivity contribution in [3.8, 4) is 5.75 Å². The number of benzene rings is 3. The first-order valence-electron chi connectivity index (χ1n) is 14.9. The minimum atomic E-state index is -0.684. The van der Waals surface area contributed by atoms with E-state index in [0.29, 0.717) is 45.1 Å². The van der Waals surface area contributed by atoms with Gasteiger partial charge < -0.3 is 14.2 Å². The third-order valence-corrected chi connectivity index (χ3v) is 9.83. The molecule has 0 spiro atoms. The van der Waals surface area contributed by atoms with Gasteiger partial charge in [0.25, 0.3) is 5.56 Å². The number of nitrogens with zero attached hydrogens (tertiary/aromatic N) is 2. The number of carbonyl (C=O) groups excluding carboxylic acids is 2. The summed E-state index contributed by atoms with van der Waals surface area (Å²) < 4.78 is 19.4. The summed E-state index contributed by atoms with van der Waals surface area (Å²) in [5, 5.41) is 1.93. The fourth-order valence-corrected chi connectivity index (χ4v) is 7.48. The zero-order chi connectivity index (χ0) is 32.9. The molecule has 0 saturated carbocycles. The minimum absolute atomic E-state index is 0.197. The molecule has 0 radical (unpaired) electrons. The fourth-order valence-electron chi connectivity index (χ4n) is 5.14. The summed E-state index contributed by atoms with van der Waals surface area (Å²) >= 11 is 6.35. The van der Waals surface area contributed by atoms with E-state index in [1.165, 1.54) is 22.7 Å². The molecule has 8 nitrogen and oxygen atoms in total. The Kier molecular flexibility index (Phi) is 9.95. The number of fused-ring (bicyclic) bond motifs is 1. The van der Waals surface area contributed by atoms with Crippen molar-refractivity contribution in [1.82, 2.24) is 4.57 Å². The zero-order valence-electron chi connectivity index (χ0n) is 25.5. The van der Waals surface area contributed by atoms with Gasteiger partial charge in [-0.15, -0.1) is 11.3 Å². The van der Waals surface area contributed by atoms with Crippen LogP contribution in [0.15, 0.2) is 110 Å². The number of thiazole rings is 1. The smallest absolute Gasteiger partial charge is 0.338 e. The molecule has 3 heterocycles. The number of aromatic nitrogens is 1. The standard InChI is InChI=1S/C36H29BrN2O6S2/c1-3-43-34(41)25-15-12-22(13-16-25)21-45-27-17-14-23(19-26(27)37)20-29-33(40)39-32(28-11-8-18-46-28)30(35(42)44-4-2)31(38-36(39)47-29)24-9-6-5-7-10-24/h5-20,32H,3-4,21H2,1-2H3/b29-20-/t32-/m0/s1. The first-order chi connectivity index (χ1) is 22.9. The third-order valence-electron chi connectivity index (χ3n) is 7.30. The van der Waals surface area contributed by atoms with Crippen LogP contribution in [0.2, 0.25) is 0 Å². The molecule has 47 heavy (non-hydrogen) atoms. The highest BCUT2D eigenvalue weighted by atomic mass is 79.9. The Balaban J connectivity index is 1.34. The van der Waals surface area contributed by atoms with Gasteiger partial charge in [0.2, 0.25) is 0 Å². The summed E-state index contributed by atoms with van der Waals surface area (Å²) in [6, 6.07) is 25.3. The summed E-state index contributed by atoms with van der Waals surface area (Å²) in [7, 11) is 0. The Morgan fingerprint density at radius 1 is 0.936 bits per heavy atom. The predicted octanol–water partition coefficient (Wildman–Crippen LogP) is 6.52. The topological polar surface area (TPSA) is 96.2 Å². The normalized spacial score (nSPS) is 14.4. The van der Waals surface area contributed by atoms with Gasteiger partial charge in [0.15, 0.2) is 4.80 Å². The van der Waals surface area contributed by atoms with Crippen molar-refractivity contribution in [2.45, 2.75) is 26.5 Å². The first kappa shape index (κ1) is 32.4.